The predicted molar refractivity (Wildman–Crippen MR) is 48.1 cm³/mol. The minimum atomic E-state index is -4.15. The minimum absolute atomic E-state index is 0. The molecule has 5 heteroatoms. The van der Waals surface area contributed by atoms with E-state index in [4.69, 9.17) is 4.55 Å². The van der Waals surface area contributed by atoms with Crippen molar-refractivity contribution < 1.29 is 33.3 Å². The van der Waals surface area contributed by atoms with E-state index in [1.54, 1.807) is 30.3 Å². The molecule has 0 bridgehead atoms. The third-order valence-corrected chi connectivity index (χ3v) is 2.27. The topological polar surface area (TPSA) is 54.4 Å². The molecule has 1 aromatic rings. The molecule has 66 valence electrons. The molecule has 0 heterocycles. The second kappa shape index (κ2) is 4.63. The Hall–Kier alpha value is -0.533. The smallest absolute Gasteiger partial charge is 1.00 e. The fraction of sp³-hybridized carbons (Fsp3) is 0. The van der Waals surface area contributed by atoms with Crippen molar-refractivity contribution in [3.05, 3.63) is 42.5 Å². The summed E-state index contributed by atoms with van der Waals surface area (Å²) >= 11 is 0. The second-order valence-electron chi connectivity index (χ2n) is 2.26. The fourth-order valence-corrected chi connectivity index (χ4v) is 1.21. The van der Waals surface area contributed by atoms with Gasteiger partial charge in [0.05, 0.1) is 4.91 Å². The number of hydrogen-bond donors (Lipinski definition) is 1. The van der Waals surface area contributed by atoms with Crippen LogP contribution in [0.15, 0.2) is 36.9 Å². The molecule has 0 radical (unpaired) electrons. The quantitative estimate of drug-likeness (QED) is 0.466. The SMILES string of the molecule is C=C(c1ccccc1)S(=O)(=O)O.[H-].[Li+]. The van der Waals surface area contributed by atoms with Gasteiger partial charge in [-0.15, -0.1) is 0 Å². The molecule has 0 amide bonds. The van der Waals surface area contributed by atoms with Crippen molar-refractivity contribution in [1.82, 2.24) is 0 Å². The van der Waals surface area contributed by atoms with Gasteiger partial charge in [-0.05, 0) is 5.56 Å². The number of benzene rings is 1. The maximum absolute atomic E-state index is 10.6. The van der Waals surface area contributed by atoms with E-state index in [1.807, 2.05) is 0 Å². The van der Waals surface area contributed by atoms with Crippen LogP contribution in [0.5, 0.6) is 0 Å². The summed E-state index contributed by atoms with van der Waals surface area (Å²) in [5, 5.41) is 0. The van der Waals surface area contributed by atoms with Crippen molar-refractivity contribution in [3.63, 3.8) is 0 Å². The normalized spacial score (nSPS) is 10.2. The monoisotopic (exact) mass is 192 g/mol. The summed E-state index contributed by atoms with van der Waals surface area (Å²) in [5.41, 5.74) is 0.403. The molecular formula is C8H9LiO3S. The van der Waals surface area contributed by atoms with Gasteiger partial charge in [0.25, 0.3) is 10.1 Å². The number of hydrogen-bond acceptors (Lipinski definition) is 2. The van der Waals surface area contributed by atoms with E-state index in [0.29, 0.717) is 5.56 Å². The van der Waals surface area contributed by atoms with Crippen LogP contribution in [0.2, 0.25) is 0 Å². The van der Waals surface area contributed by atoms with Crippen LogP contribution in [0.4, 0.5) is 0 Å². The largest absolute Gasteiger partial charge is 1.00 e. The first-order valence-electron chi connectivity index (χ1n) is 3.23. The van der Waals surface area contributed by atoms with E-state index < -0.39 is 10.1 Å². The van der Waals surface area contributed by atoms with Gasteiger partial charge in [0.15, 0.2) is 0 Å². The van der Waals surface area contributed by atoms with Crippen LogP contribution in [0.25, 0.3) is 4.91 Å². The Morgan fingerprint density at radius 3 is 2.15 bits per heavy atom. The van der Waals surface area contributed by atoms with Crippen molar-refractivity contribution >= 4 is 15.0 Å². The first-order chi connectivity index (χ1) is 5.52. The van der Waals surface area contributed by atoms with E-state index in [-0.39, 0.29) is 25.2 Å². The van der Waals surface area contributed by atoms with Crippen molar-refractivity contribution in [2.75, 3.05) is 0 Å². The van der Waals surface area contributed by atoms with Crippen LogP contribution >= 0.6 is 0 Å². The molecule has 0 aromatic heterocycles. The standard InChI is InChI=1S/C8H8O3S.Li.H/c1-7(12(9,10)11)8-5-3-2-4-6-8;;/h2-6H,1H2,(H,9,10,11);;/q;+1;-1. The third-order valence-electron chi connectivity index (χ3n) is 1.41. The maximum Gasteiger partial charge on any atom is 1.00 e. The van der Waals surface area contributed by atoms with Gasteiger partial charge < -0.3 is 1.43 Å². The third kappa shape index (κ3) is 3.37. The van der Waals surface area contributed by atoms with Gasteiger partial charge in [-0.3, -0.25) is 4.55 Å². The van der Waals surface area contributed by atoms with Crippen LogP contribution in [0.1, 0.15) is 6.99 Å². The molecule has 1 N–H and O–H groups in total. The van der Waals surface area contributed by atoms with Crippen molar-refractivity contribution in [2.24, 2.45) is 0 Å². The average Bonchev–Trinajstić information content (AvgIpc) is 2.03. The molecule has 13 heavy (non-hydrogen) atoms. The van der Waals surface area contributed by atoms with Gasteiger partial charge in [-0.2, -0.15) is 8.42 Å². The van der Waals surface area contributed by atoms with Crippen LogP contribution in [-0.4, -0.2) is 13.0 Å². The summed E-state index contributed by atoms with van der Waals surface area (Å²) in [6, 6.07) is 8.23. The van der Waals surface area contributed by atoms with E-state index >= 15 is 0 Å². The van der Waals surface area contributed by atoms with Gasteiger partial charge in [-0.25, -0.2) is 0 Å². The van der Waals surface area contributed by atoms with Gasteiger partial charge in [0, 0.05) is 0 Å². The Morgan fingerprint density at radius 1 is 1.31 bits per heavy atom. The average molecular weight is 192 g/mol. The first-order valence-corrected chi connectivity index (χ1v) is 4.67. The molecule has 0 fully saturated rings. The Bertz CT molecular complexity index is 388. The minimum Gasteiger partial charge on any atom is -1.00 e. The van der Waals surface area contributed by atoms with Crippen molar-refractivity contribution in [1.29, 1.82) is 0 Å². The zero-order chi connectivity index (χ0) is 9.19. The molecular weight excluding hydrogens is 183 g/mol. The molecule has 0 saturated carbocycles. The van der Waals surface area contributed by atoms with Gasteiger partial charge in [-0.1, -0.05) is 36.9 Å². The number of rotatable bonds is 2. The van der Waals surface area contributed by atoms with Crippen LogP contribution in [0.3, 0.4) is 0 Å². The van der Waals surface area contributed by atoms with Gasteiger partial charge in [0.2, 0.25) is 0 Å². The molecule has 1 aromatic carbocycles. The summed E-state index contributed by atoms with van der Waals surface area (Å²) in [6.45, 7) is 3.26. The summed E-state index contributed by atoms with van der Waals surface area (Å²) in [7, 11) is -4.15. The van der Waals surface area contributed by atoms with Crippen molar-refractivity contribution in [3.8, 4) is 0 Å². The Labute approximate surface area is 90.9 Å². The summed E-state index contributed by atoms with van der Waals surface area (Å²) < 4.78 is 29.8. The van der Waals surface area contributed by atoms with Gasteiger partial charge >= 0.3 is 18.9 Å². The molecule has 0 saturated heterocycles. The molecule has 0 aliphatic rings. The second-order valence-corrected chi connectivity index (χ2v) is 3.71. The van der Waals surface area contributed by atoms with Crippen LogP contribution in [0, 0.1) is 0 Å². The van der Waals surface area contributed by atoms with Crippen LogP contribution in [-0.2, 0) is 10.1 Å². The zero-order valence-corrected chi connectivity index (χ0v) is 8.08. The Kier molecular flexibility index (Phi) is 4.44. The molecule has 0 unspecified atom stereocenters. The predicted octanol–water partition coefficient (Wildman–Crippen LogP) is -1.34. The fourth-order valence-electron chi connectivity index (χ4n) is 0.773. The van der Waals surface area contributed by atoms with Gasteiger partial charge in [0.1, 0.15) is 0 Å². The maximum atomic E-state index is 10.6. The molecule has 1 rings (SSSR count). The zero-order valence-electron chi connectivity index (χ0n) is 8.27. The molecule has 0 atom stereocenters. The van der Waals surface area contributed by atoms with E-state index in [1.165, 1.54) is 0 Å². The van der Waals surface area contributed by atoms with Crippen LogP contribution < -0.4 is 18.9 Å². The molecule has 3 nitrogen and oxygen atoms in total. The molecule has 0 aliphatic heterocycles. The summed E-state index contributed by atoms with van der Waals surface area (Å²) in [6.07, 6.45) is 0. The van der Waals surface area contributed by atoms with E-state index in [2.05, 4.69) is 6.58 Å². The first kappa shape index (κ1) is 12.5. The Morgan fingerprint density at radius 2 is 1.77 bits per heavy atom. The van der Waals surface area contributed by atoms with E-state index in [0.717, 1.165) is 0 Å². The molecule has 0 spiro atoms. The van der Waals surface area contributed by atoms with E-state index in [9.17, 15) is 8.42 Å². The summed E-state index contributed by atoms with van der Waals surface area (Å²) in [5.74, 6) is 0. The summed E-state index contributed by atoms with van der Waals surface area (Å²) in [4.78, 5) is -0.275. The Balaban J connectivity index is 0. The van der Waals surface area contributed by atoms with Crippen molar-refractivity contribution in [2.45, 2.75) is 0 Å². The molecule has 0 aliphatic carbocycles.